The van der Waals surface area contributed by atoms with E-state index in [4.69, 9.17) is 17.3 Å². The zero-order valence-corrected chi connectivity index (χ0v) is 13.9. The van der Waals surface area contributed by atoms with E-state index in [1.54, 1.807) is 12.4 Å². The van der Waals surface area contributed by atoms with E-state index in [2.05, 4.69) is 11.6 Å². The number of piperidine rings is 1. The van der Waals surface area contributed by atoms with Gasteiger partial charge in [0.2, 0.25) is 4.77 Å². The van der Waals surface area contributed by atoms with Crippen molar-refractivity contribution in [2.45, 2.75) is 32.2 Å². The number of rotatable bonds is 5. The number of quaternary nitrogens is 1. The van der Waals surface area contributed by atoms with Gasteiger partial charge in [0, 0.05) is 24.5 Å². The minimum Gasteiger partial charge on any atom is -0.387 e. The van der Waals surface area contributed by atoms with Gasteiger partial charge in [-0.3, -0.25) is 9.55 Å². The Morgan fingerprint density at radius 1 is 1.52 bits per heavy atom. The fraction of sp³-hybridized carbons (Fsp3) is 0.438. The standard InChI is InChI=1S/C16H21N5OS/c1-2-8-20-15(13-5-3-7-17-10-13)18-21(16(20)23)12-19-9-4-6-14(22)11-19/h2-3,5,7,10,14,22H,1,4,6,8-9,11-12H2/p+1/t14-/m1/s1. The summed E-state index contributed by atoms with van der Waals surface area (Å²) in [6.45, 7) is 6.88. The zero-order chi connectivity index (χ0) is 16.2. The van der Waals surface area contributed by atoms with Crippen molar-refractivity contribution in [3.8, 4) is 11.4 Å². The number of aliphatic hydroxyl groups excluding tert-OH is 1. The van der Waals surface area contributed by atoms with Gasteiger partial charge in [-0.2, -0.15) is 4.68 Å². The molecule has 3 heterocycles. The van der Waals surface area contributed by atoms with E-state index >= 15 is 0 Å². The van der Waals surface area contributed by atoms with Crippen molar-refractivity contribution in [3.05, 3.63) is 42.0 Å². The van der Waals surface area contributed by atoms with Crippen LogP contribution in [0.4, 0.5) is 0 Å². The SMILES string of the molecule is C=CCn1c(-c2cccnc2)nn(C[NH+]2CCC[C@@H](O)C2)c1=S. The van der Waals surface area contributed by atoms with Crippen LogP contribution in [0.15, 0.2) is 37.2 Å². The number of aliphatic hydroxyl groups is 1. The summed E-state index contributed by atoms with van der Waals surface area (Å²) in [5.41, 5.74) is 0.938. The highest BCUT2D eigenvalue weighted by Crippen LogP contribution is 2.17. The van der Waals surface area contributed by atoms with Gasteiger partial charge in [0.25, 0.3) is 0 Å². The van der Waals surface area contributed by atoms with Crippen LogP contribution in [0.5, 0.6) is 0 Å². The summed E-state index contributed by atoms with van der Waals surface area (Å²) in [4.78, 5) is 5.47. The molecule has 23 heavy (non-hydrogen) atoms. The van der Waals surface area contributed by atoms with Gasteiger partial charge < -0.3 is 10.0 Å². The van der Waals surface area contributed by atoms with Gasteiger partial charge in [0.05, 0.1) is 6.54 Å². The average Bonchev–Trinajstić information content (AvgIpc) is 2.86. The molecule has 1 unspecified atom stereocenters. The number of nitrogens with one attached hydrogen (secondary N) is 1. The topological polar surface area (TPSA) is 60.3 Å². The molecular formula is C16H22N5OS+. The molecule has 0 bridgehead atoms. The van der Waals surface area contributed by atoms with Crippen molar-refractivity contribution in [1.29, 1.82) is 0 Å². The van der Waals surface area contributed by atoms with Crippen molar-refractivity contribution >= 4 is 12.2 Å². The van der Waals surface area contributed by atoms with Crippen LogP contribution >= 0.6 is 12.2 Å². The minimum absolute atomic E-state index is 0.221. The fourth-order valence-corrected chi connectivity index (χ4v) is 3.29. The molecule has 1 aliphatic heterocycles. The van der Waals surface area contributed by atoms with Crippen LogP contribution in [0, 0.1) is 4.77 Å². The molecule has 0 aliphatic carbocycles. The van der Waals surface area contributed by atoms with Crippen LogP contribution in [0.1, 0.15) is 12.8 Å². The monoisotopic (exact) mass is 332 g/mol. The maximum absolute atomic E-state index is 9.85. The number of allylic oxidation sites excluding steroid dienone is 1. The van der Waals surface area contributed by atoms with Gasteiger partial charge >= 0.3 is 0 Å². The first-order valence-corrected chi connectivity index (χ1v) is 8.30. The number of nitrogens with zero attached hydrogens (tertiary/aromatic N) is 4. The predicted molar refractivity (Wildman–Crippen MR) is 90.4 cm³/mol. The molecule has 122 valence electrons. The smallest absolute Gasteiger partial charge is 0.203 e. The third-order valence-corrected chi connectivity index (χ3v) is 4.55. The largest absolute Gasteiger partial charge is 0.387 e. The van der Waals surface area contributed by atoms with Crippen LogP contribution in [-0.4, -0.2) is 43.6 Å². The van der Waals surface area contributed by atoms with Crippen molar-refractivity contribution in [2.75, 3.05) is 13.1 Å². The van der Waals surface area contributed by atoms with E-state index in [0.717, 1.165) is 37.3 Å². The van der Waals surface area contributed by atoms with E-state index in [1.807, 2.05) is 27.5 Å². The highest BCUT2D eigenvalue weighted by atomic mass is 32.1. The first-order chi connectivity index (χ1) is 11.2. The number of aromatic nitrogens is 4. The molecule has 2 aromatic rings. The fourth-order valence-electron chi connectivity index (χ4n) is 3.03. The lowest BCUT2D eigenvalue weighted by Crippen LogP contribution is -3.13. The zero-order valence-electron chi connectivity index (χ0n) is 13.1. The van der Waals surface area contributed by atoms with Crippen molar-refractivity contribution in [3.63, 3.8) is 0 Å². The molecule has 1 saturated heterocycles. The number of likely N-dealkylation sites (tertiary alicyclic amines) is 1. The third kappa shape index (κ3) is 3.57. The summed E-state index contributed by atoms with van der Waals surface area (Å²) >= 11 is 5.60. The Balaban J connectivity index is 1.92. The van der Waals surface area contributed by atoms with E-state index in [1.165, 1.54) is 4.90 Å². The van der Waals surface area contributed by atoms with Gasteiger partial charge in [0.1, 0.15) is 12.6 Å². The van der Waals surface area contributed by atoms with E-state index in [-0.39, 0.29) is 6.10 Å². The molecule has 1 fully saturated rings. The molecule has 0 radical (unpaired) electrons. The van der Waals surface area contributed by atoms with Gasteiger partial charge in [-0.25, -0.2) is 0 Å². The second-order valence-corrected chi connectivity index (χ2v) is 6.27. The third-order valence-electron chi connectivity index (χ3n) is 4.12. The van der Waals surface area contributed by atoms with Crippen LogP contribution in [0.25, 0.3) is 11.4 Å². The first kappa shape index (κ1) is 16.0. The molecule has 0 saturated carbocycles. The Labute approximate surface area is 140 Å². The summed E-state index contributed by atoms with van der Waals surface area (Å²) in [5.74, 6) is 0.806. The summed E-state index contributed by atoms with van der Waals surface area (Å²) in [5, 5.41) is 14.5. The Morgan fingerprint density at radius 3 is 3.09 bits per heavy atom. The molecule has 2 N–H and O–H groups in total. The molecular weight excluding hydrogens is 310 g/mol. The number of hydrogen-bond acceptors (Lipinski definition) is 4. The average molecular weight is 332 g/mol. The highest BCUT2D eigenvalue weighted by molar-refractivity contribution is 7.71. The van der Waals surface area contributed by atoms with Gasteiger partial charge in [-0.05, 0) is 37.2 Å². The lowest BCUT2D eigenvalue weighted by atomic mass is 10.1. The van der Waals surface area contributed by atoms with Crippen molar-refractivity contribution < 1.29 is 10.0 Å². The maximum Gasteiger partial charge on any atom is 0.203 e. The summed E-state index contributed by atoms with van der Waals surface area (Å²) in [6.07, 6.45) is 7.05. The Bertz CT molecular complexity index is 724. The van der Waals surface area contributed by atoms with Gasteiger partial charge in [-0.1, -0.05) is 6.08 Å². The second kappa shape index (κ2) is 7.16. The van der Waals surface area contributed by atoms with E-state index in [0.29, 0.717) is 18.0 Å². The maximum atomic E-state index is 9.85. The normalized spacial score (nSPS) is 21.3. The number of pyridine rings is 1. The lowest BCUT2D eigenvalue weighted by molar-refractivity contribution is -0.931. The quantitative estimate of drug-likeness (QED) is 0.624. The van der Waals surface area contributed by atoms with Crippen LogP contribution in [-0.2, 0) is 13.2 Å². The summed E-state index contributed by atoms with van der Waals surface area (Å²) in [7, 11) is 0. The predicted octanol–water partition coefficient (Wildman–Crippen LogP) is 0.659. The highest BCUT2D eigenvalue weighted by Gasteiger charge is 2.23. The van der Waals surface area contributed by atoms with Crippen LogP contribution < -0.4 is 4.90 Å². The van der Waals surface area contributed by atoms with E-state index in [9.17, 15) is 5.11 Å². The molecule has 6 nitrogen and oxygen atoms in total. The first-order valence-electron chi connectivity index (χ1n) is 7.89. The minimum atomic E-state index is -0.221. The summed E-state index contributed by atoms with van der Waals surface area (Å²) < 4.78 is 4.50. The molecule has 7 heteroatoms. The molecule has 0 spiro atoms. The molecule has 2 atom stereocenters. The molecule has 0 aromatic carbocycles. The van der Waals surface area contributed by atoms with Crippen LogP contribution in [0.2, 0.25) is 0 Å². The Hall–Kier alpha value is -1.83. The van der Waals surface area contributed by atoms with Gasteiger partial charge in [-0.15, -0.1) is 11.7 Å². The summed E-state index contributed by atoms with van der Waals surface area (Å²) in [6, 6.07) is 3.87. The molecule has 3 rings (SSSR count). The van der Waals surface area contributed by atoms with Crippen molar-refractivity contribution in [1.82, 2.24) is 19.3 Å². The lowest BCUT2D eigenvalue weighted by Gasteiger charge is -2.26. The van der Waals surface area contributed by atoms with Crippen LogP contribution in [0.3, 0.4) is 0 Å². The second-order valence-electron chi connectivity index (χ2n) is 5.90. The van der Waals surface area contributed by atoms with E-state index < -0.39 is 0 Å². The Kier molecular flexibility index (Phi) is 5.00. The number of hydrogen-bond donors (Lipinski definition) is 2. The Morgan fingerprint density at radius 2 is 2.39 bits per heavy atom. The van der Waals surface area contributed by atoms with Crippen molar-refractivity contribution in [2.24, 2.45) is 0 Å². The molecule has 0 amide bonds. The molecule has 2 aromatic heterocycles. The molecule has 1 aliphatic rings. The van der Waals surface area contributed by atoms with Gasteiger partial charge in [0.15, 0.2) is 12.5 Å².